The van der Waals surface area contributed by atoms with E-state index in [9.17, 15) is 4.39 Å². The molecule has 6 nitrogen and oxygen atoms in total. The van der Waals surface area contributed by atoms with Crippen LogP contribution in [0.3, 0.4) is 0 Å². The van der Waals surface area contributed by atoms with Gasteiger partial charge in [-0.3, -0.25) is 0 Å². The van der Waals surface area contributed by atoms with Gasteiger partial charge in [0.05, 0.1) is 20.8 Å². The molecule has 0 unspecified atom stereocenters. The van der Waals surface area contributed by atoms with E-state index in [0.29, 0.717) is 40.3 Å². The number of halogens is 2. The number of rotatable bonds is 6. The molecule has 2 N–H and O–H groups in total. The molecule has 1 aromatic carbocycles. The van der Waals surface area contributed by atoms with E-state index in [-0.39, 0.29) is 18.2 Å². The molecule has 0 saturated heterocycles. The first-order valence-electron chi connectivity index (χ1n) is 6.22. The molecule has 22 heavy (non-hydrogen) atoms. The zero-order valence-electron chi connectivity index (χ0n) is 12.5. The van der Waals surface area contributed by atoms with Crippen LogP contribution in [0.5, 0.6) is 11.5 Å². The molecule has 1 aromatic heterocycles. The Hall–Kier alpha value is -1.51. The first kappa shape index (κ1) is 18.5. The lowest BCUT2D eigenvalue weighted by Gasteiger charge is -2.10. The number of nitrogens with two attached hydrogens (primary N) is 1. The van der Waals surface area contributed by atoms with Crippen LogP contribution in [-0.2, 0) is 19.3 Å². The molecule has 0 aliphatic carbocycles. The SMILES string of the molecule is COc1cc(F)c(CSc2nnc(CN)n2C)cc1OC.Cl. The van der Waals surface area contributed by atoms with Crippen molar-refractivity contribution < 1.29 is 13.9 Å². The summed E-state index contributed by atoms with van der Waals surface area (Å²) in [6.07, 6.45) is 0. The third-order valence-corrected chi connectivity index (χ3v) is 4.09. The number of nitrogens with zero attached hydrogens (tertiary/aromatic N) is 3. The predicted molar refractivity (Wildman–Crippen MR) is 85.2 cm³/mol. The summed E-state index contributed by atoms with van der Waals surface area (Å²) in [6, 6.07) is 2.94. The second-order valence-corrected chi connectivity index (χ2v) is 5.19. The van der Waals surface area contributed by atoms with Gasteiger partial charge >= 0.3 is 0 Å². The second-order valence-electron chi connectivity index (χ2n) is 4.25. The molecular formula is C13H18ClFN4O2S. The van der Waals surface area contributed by atoms with Crippen molar-refractivity contribution in [2.24, 2.45) is 12.8 Å². The van der Waals surface area contributed by atoms with Crippen molar-refractivity contribution in [2.75, 3.05) is 14.2 Å². The number of hydrogen-bond donors (Lipinski definition) is 1. The number of ether oxygens (including phenoxy) is 2. The van der Waals surface area contributed by atoms with Crippen molar-refractivity contribution in [3.05, 3.63) is 29.3 Å². The summed E-state index contributed by atoms with van der Waals surface area (Å²) in [5, 5.41) is 8.67. The highest BCUT2D eigenvalue weighted by atomic mass is 35.5. The van der Waals surface area contributed by atoms with Gasteiger partial charge in [0.1, 0.15) is 11.6 Å². The summed E-state index contributed by atoms with van der Waals surface area (Å²) in [4.78, 5) is 0. The first-order valence-corrected chi connectivity index (χ1v) is 7.20. The Balaban J connectivity index is 0.00000242. The number of methoxy groups -OCH3 is 2. The Morgan fingerprint density at radius 2 is 1.86 bits per heavy atom. The smallest absolute Gasteiger partial charge is 0.191 e. The summed E-state index contributed by atoms with van der Waals surface area (Å²) in [6.45, 7) is 0.314. The summed E-state index contributed by atoms with van der Waals surface area (Å²) >= 11 is 1.38. The highest BCUT2D eigenvalue weighted by molar-refractivity contribution is 7.98. The minimum Gasteiger partial charge on any atom is -0.493 e. The Bertz CT molecular complexity index is 639. The van der Waals surface area contributed by atoms with Gasteiger partial charge < -0.3 is 19.8 Å². The summed E-state index contributed by atoms with van der Waals surface area (Å²) in [7, 11) is 4.82. The van der Waals surface area contributed by atoms with Crippen LogP contribution in [-0.4, -0.2) is 29.0 Å². The molecule has 0 aliphatic heterocycles. The van der Waals surface area contributed by atoms with Gasteiger partial charge in [-0.1, -0.05) is 11.8 Å². The Kier molecular flexibility index (Phi) is 6.92. The van der Waals surface area contributed by atoms with Crippen LogP contribution in [0.15, 0.2) is 17.3 Å². The highest BCUT2D eigenvalue weighted by Gasteiger charge is 2.13. The number of thioether (sulfide) groups is 1. The van der Waals surface area contributed by atoms with Gasteiger partial charge in [0, 0.05) is 24.4 Å². The highest BCUT2D eigenvalue weighted by Crippen LogP contribution is 2.32. The molecule has 0 atom stereocenters. The molecule has 2 aromatic rings. The van der Waals surface area contributed by atoms with Gasteiger partial charge in [-0.15, -0.1) is 22.6 Å². The molecule has 0 aliphatic rings. The first-order chi connectivity index (χ1) is 10.1. The van der Waals surface area contributed by atoms with E-state index in [2.05, 4.69) is 10.2 Å². The molecule has 9 heteroatoms. The van der Waals surface area contributed by atoms with E-state index in [1.165, 1.54) is 32.0 Å². The average molecular weight is 349 g/mol. The fourth-order valence-electron chi connectivity index (χ4n) is 1.80. The molecular weight excluding hydrogens is 331 g/mol. The van der Waals surface area contributed by atoms with E-state index in [1.807, 2.05) is 7.05 Å². The Morgan fingerprint density at radius 1 is 1.23 bits per heavy atom. The molecule has 0 amide bonds. The average Bonchev–Trinajstić information content (AvgIpc) is 2.85. The maximum absolute atomic E-state index is 14.0. The third-order valence-electron chi connectivity index (χ3n) is 3.02. The minimum atomic E-state index is -0.346. The van der Waals surface area contributed by atoms with Gasteiger partial charge in [-0.25, -0.2) is 4.39 Å². The van der Waals surface area contributed by atoms with Gasteiger partial charge in [0.2, 0.25) is 0 Å². The Morgan fingerprint density at radius 3 is 2.41 bits per heavy atom. The van der Waals surface area contributed by atoms with Crippen LogP contribution in [0.4, 0.5) is 4.39 Å². The van der Waals surface area contributed by atoms with Crippen molar-refractivity contribution >= 4 is 24.2 Å². The summed E-state index contributed by atoms with van der Waals surface area (Å²) in [5.74, 6) is 1.61. The largest absolute Gasteiger partial charge is 0.493 e. The minimum absolute atomic E-state index is 0. The van der Waals surface area contributed by atoms with Crippen LogP contribution in [0.1, 0.15) is 11.4 Å². The van der Waals surface area contributed by atoms with Crippen molar-refractivity contribution in [3.63, 3.8) is 0 Å². The van der Waals surface area contributed by atoms with Crippen LogP contribution in [0.2, 0.25) is 0 Å². The van der Waals surface area contributed by atoms with Crippen LogP contribution in [0, 0.1) is 5.82 Å². The maximum Gasteiger partial charge on any atom is 0.191 e. The van der Waals surface area contributed by atoms with Crippen molar-refractivity contribution in [2.45, 2.75) is 17.5 Å². The Labute approximate surface area is 138 Å². The van der Waals surface area contributed by atoms with Crippen molar-refractivity contribution in [1.82, 2.24) is 14.8 Å². The molecule has 122 valence electrons. The number of hydrogen-bond acceptors (Lipinski definition) is 6. The maximum atomic E-state index is 14.0. The standard InChI is InChI=1S/C13H17FN4O2S.ClH/c1-18-12(6-15)16-17-13(18)21-7-8-4-10(19-2)11(20-3)5-9(8)14;/h4-5H,6-7,15H2,1-3H3;1H. The van der Waals surface area contributed by atoms with E-state index in [0.717, 1.165) is 0 Å². The molecule has 0 saturated carbocycles. The van der Waals surface area contributed by atoms with Crippen LogP contribution >= 0.6 is 24.2 Å². The lowest BCUT2D eigenvalue weighted by Crippen LogP contribution is -2.05. The van der Waals surface area contributed by atoms with Gasteiger partial charge in [0.25, 0.3) is 0 Å². The molecule has 1 heterocycles. The third kappa shape index (κ3) is 3.82. The van der Waals surface area contributed by atoms with Gasteiger partial charge in [-0.05, 0) is 6.07 Å². The fourth-order valence-corrected chi connectivity index (χ4v) is 2.70. The van der Waals surface area contributed by atoms with Crippen molar-refractivity contribution in [3.8, 4) is 11.5 Å². The van der Waals surface area contributed by atoms with E-state index in [1.54, 1.807) is 10.6 Å². The van der Waals surface area contributed by atoms with Gasteiger partial charge in [0.15, 0.2) is 16.7 Å². The van der Waals surface area contributed by atoms with Crippen molar-refractivity contribution in [1.29, 1.82) is 0 Å². The molecule has 0 radical (unpaired) electrons. The summed E-state index contributed by atoms with van der Waals surface area (Å²) in [5.41, 5.74) is 6.05. The normalized spacial score (nSPS) is 10.2. The van der Waals surface area contributed by atoms with E-state index < -0.39 is 0 Å². The zero-order chi connectivity index (χ0) is 15.4. The predicted octanol–water partition coefficient (Wildman–Crippen LogP) is 2.14. The van der Waals surface area contributed by atoms with Crippen LogP contribution < -0.4 is 15.2 Å². The molecule has 0 bridgehead atoms. The zero-order valence-corrected chi connectivity index (χ0v) is 14.1. The summed E-state index contributed by atoms with van der Waals surface area (Å²) < 4.78 is 26.0. The molecule has 0 spiro atoms. The van der Waals surface area contributed by atoms with E-state index >= 15 is 0 Å². The van der Waals surface area contributed by atoms with E-state index in [4.69, 9.17) is 15.2 Å². The quantitative estimate of drug-likeness (QED) is 0.806. The second kappa shape index (κ2) is 8.21. The number of aromatic nitrogens is 3. The monoisotopic (exact) mass is 348 g/mol. The fraction of sp³-hybridized carbons (Fsp3) is 0.385. The van der Waals surface area contributed by atoms with Crippen LogP contribution in [0.25, 0.3) is 0 Å². The lowest BCUT2D eigenvalue weighted by atomic mass is 10.2. The van der Waals surface area contributed by atoms with Gasteiger partial charge in [-0.2, -0.15) is 0 Å². The molecule has 0 fully saturated rings. The topological polar surface area (TPSA) is 75.2 Å². The number of benzene rings is 1. The lowest BCUT2D eigenvalue weighted by molar-refractivity contribution is 0.352. The molecule has 2 rings (SSSR count).